The molecule has 0 fully saturated rings. The van der Waals surface area contributed by atoms with Gasteiger partial charge in [-0.25, -0.2) is 0 Å². The van der Waals surface area contributed by atoms with Crippen LogP contribution in [0.25, 0.3) is 0 Å². The summed E-state index contributed by atoms with van der Waals surface area (Å²) >= 11 is 0. The van der Waals surface area contributed by atoms with E-state index in [9.17, 15) is 19.2 Å². The molecule has 1 aromatic rings. The average Bonchev–Trinajstić information content (AvgIpc) is 2.82. The molecule has 0 radical (unpaired) electrons. The fraction of sp³-hybridized carbons (Fsp3) is 0.522. The first kappa shape index (κ1) is 29.4. The summed E-state index contributed by atoms with van der Waals surface area (Å²) in [4.78, 5) is 53.1. The summed E-state index contributed by atoms with van der Waals surface area (Å²) in [6.07, 6.45) is 1.40. The molecule has 4 unspecified atom stereocenters. The molecule has 0 spiro atoms. The Balaban J connectivity index is 2.94. The molecular formula is C23H37N7O5. The van der Waals surface area contributed by atoms with Crippen molar-refractivity contribution in [2.45, 2.75) is 57.7 Å². The van der Waals surface area contributed by atoms with Gasteiger partial charge in [0.25, 0.3) is 0 Å². The largest absolute Gasteiger partial charge is 0.480 e. The van der Waals surface area contributed by atoms with E-state index in [1.807, 2.05) is 37.3 Å². The Hall–Kier alpha value is -3.67. The molecule has 0 aromatic heterocycles. The molecule has 10 N–H and O–H groups in total. The van der Waals surface area contributed by atoms with E-state index in [2.05, 4.69) is 20.9 Å². The monoisotopic (exact) mass is 491 g/mol. The third kappa shape index (κ3) is 11.3. The first-order valence-corrected chi connectivity index (χ1v) is 11.5. The maximum atomic E-state index is 13.1. The molecule has 194 valence electrons. The predicted octanol–water partition coefficient (Wildman–Crippen LogP) is -1.17. The fourth-order valence-corrected chi connectivity index (χ4v) is 3.24. The number of benzene rings is 1. The summed E-state index contributed by atoms with van der Waals surface area (Å²) in [6.45, 7) is 3.26. The van der Waals surface area contributed by atoms with Gasteiger partial charge < -0.3 is 38.3 Å². The van der Waals surface area contributed by atoms with Gasteiger partial charge in [-0.15, -0.1) is 0 Å². The van der Waals surface area contributed by atoms with Gasteiger partial charge in [0.15, 0.2) is 5.96 Å². The molecule has 35 heavy (non-hydrogen) atoms. The first-order valence-electron chi connectivity index (χ1n) is 11.5. The second-order valence-corrected chi connectivity index (χ2v) is 8.29. The van der Waals surface area contributed by atoms with E-state index in [0.717, 1.165) is 5.56 Å². The van der Waals surface area contributed by atoms with E-state index >= 15 is 0 Å². The lowest BCUT2D eigenvalue weighted by Crippen LogP contribution is -2.57. The van der Waals surface area contributed by atoms with E-state index in [4.69, 9.17) is 22.3 Å². The number of hydrogen-bond donors (Lipinski definition) is 7. The topological polar surface area (TPSA) is 215 Å². The third-order valence-corrected chi connectivity index (χ3v) is 5.42. The highest BCUT2D eigenvalue weighted by Crippen LogP contribution is 2.10. The van der Waals surface area contributed by atoms with E-state index < -0.39 is 48.4 Å². The Kier molecular flexibility index (Phi) is 12.8. The third-order valence-electron chi connectivity index (χ3n) is 5.42. The Morgan fingerprint density at radius 2 is 1.69 bits per heavy atom. The van der Waals surface area contributed by atoms with Crippen LogP contribution in [0.3, 0.4) is 0 Å². The zero-order valence-corrected chi connectivity index (χ0v) is 20.2. The Bertz CT molecular complexity index is 874. The molecule has 3 amide bonds. The molecular weight excluding hydrogens is 454 g/mol. The minimum absolute atomic E-state index is 0.0909. The first-order chi connectivity index (χ1) is 16.5. The number of aliphatic carboxylic acids is 1. The van der Waals surface area contributed by atoms with Crippen LogP contribution in [-0.2, 0) is 25.6 Å². The molecule has 0 aliphatic carbocycles. The van der Waals surface area contributed by atoms with Gasteiger partial charge in [0.1, 0.15) is 18.6 Å². The number of amides is 3. The number of carboxylic acid groups (broad SMARTS) is 1. The van der Waals surface area contributed by atoms with E-state index in [0.29, 0.717) is 12.8 Å². The number of rotatable bonds is 15. The molecule has 0 bridgehead atoms. The Morgan fingerprint density at radius 1 is 1.03 bits per heavy atom. The zero-order valence-electron chi connectivity index (χ0n) is 20.2. The molecule has 0 aliphatic heterocycles. The van der Waals surface area contributed by atoms with Gasteiger partial charge >= 0.3 is 5.97 Å². The lowest BCUT2D eigenvalue weighted by Gasteiger charge is -2.27. The minimum atomic E-state index is -1.20. The molecule has 4 atom stereocenters. The van der Waals surface area contributed by atoms with Gasteiger partial charge in [-0.3, -0.25) is 24.2 Å². The van der Waals surface area contributed by atoms with Gasteiger partial charge in [-0.2, -0.15) is 0 Å². The van der Waals surface area contributed by atoms with Crippen molar-refractivity contribution in [3.63, 3.8) is 0 Å². The number of nitrogens with zero attached hydrogens (tertiary/aromatic N) is 1. The molecule has 0 saturated heterocycles. The van der Waals surface area contributed by atoms with Crippen molar-refractivity contribution < 1.29 is 24.3 Å². The lowest BCUT2D eigenvalue weighted by atomic mass is 9.97. The van der Waals surface area contributed by atoms with Crippen molar-refractivity contribution in [1.29, 1.82) is 0 Å². The van der Waals surface area contributed by atoms with Gasteiger partial charge in [0, 0.05) is 6.54 Å². The maximum Gasteiger partial charge on any atom is 0.322 e. The van der Waals surface area contributed by atoms with Crippen molar-refractivity contribution >= 4 is 29.7 Å². The van der Waals surface area contributed by atoms with Gasteiger partial charge in [0.05, 0.1) is 6.04 Å². The van der Waals surface area contributed by atoms with E-state index in [1.165, 1.54) is 0 Å². The SMILES string of the molecule is CCC(C)C(NC(=O)C(CCCN=C(N)N)NC(=O)C(N)Cc1ccccc1)C(=O)NCC(=O)O. The highest BCUT2D eigenvalue weighted by molar-refractivity contribution is 5.93. The van der Waals surface area contributed by atoms with Crippen LogP contribution in [-0.4, -0.2) is 66.0 Å². The number of guanidine groups is 1. The maximum absolute atomic E-state index is 13.1. The summed E-state index contributed by atoms with van der Waals surface area (Å²) in [7, 11) is 0. The van der Waals surface area contributed by atoms with E-state index in [1.54, 1.807) is 6.92 Å². The predicted molar refractivity (Wildman–Crippen MR) is 132 cm³/mol. The highest BCUT2D eigenvalue weighted by Gasteiger charge is 2.30. The Morgan fingerprint density at radius 3 is 2.26 bits per heavy atom. The standard InChI is InChI=1S/C23H37N7O5/c1-3-14(2)19(22(35)28-13-18(31)32)30-21(34)17(10-7-11-27-23(25)26)29-20(33)16(24)12-15-8-5-4-6-9-15/h4-6,8-9,14,16-17,19H,3,7,10-13,24H2,1-2H3,(H,28,35)(H,29,33)(H,30,34)(H,31,32)(H4,25,26,27). The number of carboxylic acids is 1. The summed E-state index contributed by atoms with van der Waals surface area (Å²) < 4.78 is 0. The van der Waals surface area contributed by atoms with Crippen molar-refractivity contribution in [2.75, 3.05) is 13.1 Å². The highest BCUT2D eigenvalue weighted by atomic mass is 16.4. The van der Waals surface area contributed by atoms with Crippen LogP contribution >= 0.6 is 0 Å². The van der Waals surface area contributed by atoms with Gasteiger partial charge in [-0.1, -0.05) is 50.6 Å². The van der Waals surface area contributed by atoms with Crippen LogP contribution in [0.1, 0.15) is 38.7 Å². The van der Waals surface area contributed by atoms with Gasteiger partial charge in [0.2, 0.25) is 17.7 Å². The fourth-order valence-electron chi connectivity index (χ4n) is 3.24. The number of hydrogen-bond acceptors (Lipinski definition) is 6. The number of carbonyl (C=O) groups is 4. The second kappa shape index (κ2) is 15.3. The van der Waals surface area contributed by atoms with Gasteiger partial charge in [-0.05, 0) is 30.7 Å². The smallest absolute Gasteiger partial charge is 0.322 e. The molecule has 12 heteroatoms. The number of nitrogens with one attached hydrogen (secondary N) is 3. The molecule has 1 aromatic carbocycles. The normalized spacial score (nSPS) is 14.0. The summed E-state index contributed by atoms with van der Waals surface area (Å²) in [5.74, 6) is -3.32. The van der Waals surface area contributed by atoms with E-state index in [-0.39, 0.29) is 31.3 Å². The quantitative estimate of drug-likeness (QED) is 0.0898. The molecule has 0 aliphatic rings. The lowest BCUT2D eigenvalue weighted by molar-refractivity contribution is -0.139. The van der Waals surface area contributed by atoms with Crippen molar-refractivity contribution in [3.05, 3.63) is 35.9 Å². The minimum Gasteiger partial charge on any atom is -0.480 e. The van der Waals surface area contributed by atoms with Crippen molar-refractivity contribution in [3.8, 4) is 0 Å². The summed E-state index contributed by atoms with van der Waals surface area (Å²) in [5, 5.41) is 16.4. The summed E-state index contributed by atoms with van der Waals surface area (Å²) in [6, 6.07) is 6.34. The number of nitrogens with two attached hydrogens (primary N) is 3. The zero-order chi connectivity index (χ0) is 26.4. The molecule has 12 nitrogen and oxygen atoms in total. The second-order valence-electron chi connectivity index (χ2n) is 8.29. The number of carbonyl (C=O) groups excluding carboxylic acids is 3. The van der Waals surface area contributed by atoms with Crippen molar-refractivity contribution in [1.82, 2.24) is 16.0 Å². The Labute approximate surface area is 205 Å². The van der Waals surface area contributed by atoms with Crippen LogP contribution in [0.15, 0.2) is 35.3 Å². The van der Waals surface area contributed by atoms with Crippen LogP contribution < -0.4 is 33.2 Å². The molecule has 1 rings (SSSR count). The average molecular weight is 492 g/mol. The molecule has 0 heterocycles. The van der Waals surface area contributed by atoms with Crippen molar-refractivity contribution in [2.24, 2.45) is 28.1 Å². The number of aliphatic imine (C=N–C) groups is 1. The van der Waals surface area contributed by atoms with Crippen LogP contribution in [0, 0.1) is 5.92 Å². The summed E-state index contributed by atoms with van der Waals surface area (Å²) in [5.41, 5.74) is 17.6. The molecule has 0 saturated carbocycles. The van der Waals surface area contributed by atoms with Crippen LogP contribution in [0.2, 0.25) is 0 Å². The van der Waals surface area contributed by atoms with Crippen LogP contribution in [0.4, 0.5) is 0 Å². The van der Waals surface area contributed by atoms with Crippen LogP contribution in [0.5, 0.6) is 0 Å².